The van der Waals surface area contributed by atoms with E-state index in [0.717, 1.165) is 17.0 Å². The molecule has 84 valence electrons. The summed E-state index contributed by atoms with van der Waals surface area (Å²) in [5.41, 5.74) is 8.45. The average Bonchev–Trinajstić information content (AvgIpc) is 2.38. The van der Waals surface area contributed by atoms with E-state index in [2.05, 4.69) is 22.1 Å². The maximum atomic E-state index is 5.77. The van der Waals surface area contributed by atoms with Crippen LogP contribution >= 0.6 is 0 Å². The summed E-state index contributed by atoms with van der Waals surface area (Å²) in [7, 11) is 0. The lowest BCUT2D eigenvalue weighted by atomic mass is 10.0. The topological polar surface area (TPSA) is 50.7 Å². The minimum absolute atomic E-state index is 0.126. The van der Waals surface area contributed by atoms with Gasteiger partial charge in [-0.15, -0.1) is 0 Å². The molecular formula is C14H13N3. The number of fused-ring (bicyclic) bond motifs is 1. The van der Waals surface area contributed by atoms with E-state index in [1.165, 1.54) is 0 Å². The quantitative estimate of drug-likeness (QED) is 0.727. The van der Waals surface area contributed by atoms with Crippen LogP contribution in [0.5, 0.6) is 0 Å². The summed E-state index contributed by atoms with van der Waals surface area (Å²) in [6, 6.07) is 8.02. The molecule has 0 aromatic heterocycles. The van der Waals surface area contributed by atoms with Crippen LogP contribution in [0.15, 0.2) is 58.6 Å². The van der Waals surface area contributed by atoms with Gasteiger partial charge in [-0.05, 0) is 12.1 Å². The van der Waals surface area contributed by atoms with E-state index < -0.39 is 0 Å². The van der Waals surface area contributed by atoms with Crippen molar-refractivity contribution in [3.8, 4) is 0 Å². The molecule has 17 heavy (non-hydrogen) atoms. The van der Waals surface area contributed by atoms with Crippen molar-refractivity contribution in [2.45, 2.75) is 12.1 Å². The Kier molecular flexibility index (Phi) is 2.37. The lowest BCUT2D eigenvalue weighted by molar-refractivity contribution is 0.700. The van der Waals surface area contributed by atoms with Crippen LogP contribution in [0.3, 0.4) is 0 Å². The fraction of sp³-hybridized carbons (Fsp3) is 0.143. The molecule has 3 rings (SSSR count). The monoisotopic (exact) mass is 223 g/mol. The Balaban J connectivity index is 1.95. The number of benzene rings is 1. The van der Waals surface area contributed by atoms with Crippen molar-refractivity contribution < 1.29 is 0 Å². The molecule has 0 saturated heterocycles. The normalized spacial score (nSPS) is 25.5. The van der Waals surface area contributed by atoms with Gasteiger partial charge < -0.3 is 5.73 Å². The Morgan fingerprint density at radius 2 is 1.88 bits per heavy atom. The SMILES string of the molecule is Nc1cccc(C2=NC3C=CC=CC3N=C2)c1. The highest BCUT2D eigenvalue weighted by Crippen LogP contribution is 2.18. The van der Waals surface area contributed by atoms with Crippen LogP contribution in [0.4, 0.5) is 5.69 Å². The highest BCUT2D eigenvalue weighted by atomic mass is 14.9. The van der Waals surface area contributed by atoms with E-state index in [9.17, 15) is 0 Å². The lowest BCUT2D eigenvalue weighted by Gasteiger charge is -2.21. The third-order valence-corrected chi connectivity index (χ3v) is 2.92. The second-order valence-electron chi connectivity index (χ2n) is 4.17. The first-order valence-corrected chi connectivity index (χ1v) is 5.65. The summed E-state index contributed by atoms with van der Waals surface area (Å²) in [4.78, 5) is 9.19. The van der Waals surface area contributed by atoms with E-state index in [-0.39, 0.29) is 12.1 Å². The predicted molar refractivity (Wildman–Crippen MR) is 71.7 cm³/mol. The van der Waals surface area contributed by atoms with Gasteiger partial charge in [-0.1, -0.05) is 36.4 Å². The minimum atomic E-state index is 0.126. The number of nitrogen functional groups attached to an aromatic ring is 1. The lowest BCUT2D eigenvalue weighted by Crippen LogP contribution is -2.27. The molecule has 2 aliphatic rings. The van der Waals surface area contributed by atoms with Crippen molar-refractivity contribution in [1.29, 1.82) is 0 Å². The first-order chi connectivity index (χ1) is 8.33. The zero-order valence-corrected chi connectivity index (χ0v) is 9.32. The number of rotatable bonds is 1. The molecule has 1 aromatic rings. The number of aliphatic imine (C=N–C) groups is 2. The Morgan fingerprint density at radius 3 is 2.71 bits per heavy atom. The minimum Gasteiger partial charge on any atom is -0.399 e. The van der Waals surface area contributed by atoms with E-state index in [4.69, 9.17) is 5.73 Å². The van der Waals surface area contributed by atoms with Gasteiger partial charge in [0.15, 0.2) is 0 Å². The third kappa shape index (κ3) is 1.91. The molecule has 3 heteroatoms. The molecule has 1 heterocycles. The van der Waals surface area contributed by atoms with E-state index in [0.29, 0.717) is 0 Å². The van der Waals surface area contributed by atoms with Crippen LogP contribution in [0.25, 0.3) is 0 Å². The fourth-order valence-corrected chi connectivity index (χ4v) is 2.04. The molecule has 1 aromatic carbocycles. The van der Waals surface area contributed by atoms with Crippen molar-refractivity contribution in [3.63, 3.8) is 0 Å². The molecule has 3 nitrogen and oxygen atoms in total. The Labute approximate surface area is 100 Å². The molecule has 2 N–H and O–H groups in total. The van der Waals surface area contributed by atoms with Crippen LogP contribution in [0, 0.1) is 0 Å². The number of nitrogens with zero attached hydrogens (tertiary/aromatic N) is 2. The Hall–Kier alpha value is -2.16. The fourth-order valence-electron chi connectivity index (χ4n) is 2.04. The molecule has 0 saturated carbocycles. The summed E-state index contributed by atoms with van der Waals surface area (Å²) >= 11 is 0. The molecular weight excluding hydrogens is 210 g/mol. The van der Waals surface area contributed by atoms with E-state index >= 15 is 0 Å². The van der Waals surface area contributed by atoms with Crippen molar-refractivity contribution in [1.82, 2.24) is 0 Å². The summed E-state index contributed by atoms with van der Waals surface area (Å²) in [6.45, 7) is 0. The van der Waals surface area contributed by atoms with Gasteiger partial charge in [-0.3, -0.25) is 9.98 Å². The predicted octanol–water partition coefficient (Wildman–Crippen LogP) is 2.01. The van der Waals surface area contributed by atoms with Gasteiger partial charge in [0.2, 0.25) is 0 Å². The van der Waals surface area contributed by atoms with Gasteiger partial charge in [0.25, 0.3) is 0 Å². The number of anilines is 1. The molecule has 2 unspecified atom stereocenters. The first kappa shape index (κ1) is 10.0. The largest absolute Gasteiger partial charge is 0.399 e. The zero-order valence-electron chi connectivity index (χ0n) is 9.32. The molecule has 1 aliphatic heterocycles. The maximum absolute atomic E-state index is 5.77. The number of hydrogen-bond acceptors (Lipinski definition) is 3. The number of allylic oxidation sites excluding steroid dienone is 2. The molecule has 0 amide bonds. The van der Waals surface area contributed by atoms with Crippen LogP contribution in [-0.4, -0.2) is 24.0 Å². The summed E-state index contributed by atoms with van der Waals surface area (Å²) in [6.07, 6.45) is 10.0. The van der Waals surface area contributed by atoms with Gasteiger partial charge in [0, 0.05) is 17.5 Å². The summed E-state index contributed by atoms with van der Waals surface area (Å²) in [5, 5.41) is 0. The van der Waals surface area contributed by atoms with Gasteiger partial charge >= 0.3 is 0 Å². The molecule has 1 aliphatic carbocycles. The second kappa shape index (κ2) is 4.01. The summed E-state index contributed by atoms with van der Waals surface area (Å²) < 4.78 is 0. The van der Waals surface area contributed by atoms with Gasteiger partial charge in [0.05, 0.1) is 17.8 Å². The Morgan fingerprint density at radius 1 is 1.06 bits per heavy atom. The highest BCUT2D eigenvalue weighted by Gasteiger charge is 2.20. The van der Waals surface area contributed by atoms with Crippen molar-refractivity contribution >= 4 is 17.6 Å². The zero-order chi connectivity index (χ0) is 11.7. The standard InChI is InChI=1S/C14H13N3/c15-11-5-3-4-10(8-11)14-9-16-12-6-1-2-7-13(12)17-14/h1-9,12-13H,15H2. The molecule has 0 radical (unpaired) electrons. The van der Waals surface area contributed by atoms with Crippen molar-refractivity contribution in [3.05, 3.63) is 54.1 Å². The molecule has 0 fully saturated rings. The third-order valence-electron chi connectivity index (χ3n) is 2.92. The van der Waals surface area contributed by atoms with Crippen LogP contribution in [0.2, 0.25) is 0 Å². The van der Waals surface area contributed by atoms with Gasteiger partial charge in [0.1, 0.15) is 0 Å². The van der Waals surface area contributed by atoms with Crippen LogP contribution in [0.1, 0.15) is 5.56 Å². The number of nitrogens with two attached hydrogens (primary N) is 1. The summed E-state index contributed by atoms with van der Waals surface area (Å²) in [5.74, 6) is 0. The second-order valence-corrected chi connectivity index (χ2v) is 4.17. The van der Waals surface area contributed by atoms with E-state index in [1.54, 1.807) is 0 Å². The molecule has 0 spiro atoms. The van der Waals surface area contributed by atoms with Crippen molar-refractivity contribution in [2.75, 3.05) is 5.73 Å². The molecule has 0 bridgehead atoms. The van der Waals surface area contributed by atoms with Crippen molar-refractivity contribution in [2.24, 2.45) is 9.98 Å². The maximum Gasteiger partial charge on any atom is 0.0950 e. The first-order valence-electron chi connectivity index (χ1n) is 5.65. The van der Waals surface area contributed by atoms with Crippen LogP contribution < -0.4 is 5.73 Å². The highest BCUT2D eigenvalue weighted by molar-refractivity contribution is 6.38. The van der Waals surface area contributed by atoms with E-state index in [1.807, 2.05) is 42.6 Å². The Bertz CT molecular complexity index is 552. The van der Waals surface area contributed by atoms with Gasteiger partial charge in [-0.25, -0.2) is 0 Å². The number of hydrogen-bond donors (Lipinski definition) is 1. The molecule has 2 atom stereocenters. The smallest absolute Gasteiger partial charge is 0.0950 e. The van der Waals surface area contributed by atoms with Crippen LogP contribution in [-0.2, 0) is 0 Å². The average molecular weight is 223 g/mol. The van der Waals surface area contributed by atoms with Gasteiger partial charge in [-0.2, -0.15) is 0 Å².